The van der Waals surface area contributed by atoms with Crippen molar-refractivity contribution in [3.63, 3.8) is 0 Å². The number of carbonyl (C=O) groups is 1. The fourth-order valence-electron chi connectivity index (χ4n) is 1.45. The van der Waals surface area contributed by atoms with E-state index < -0.39 is 11.8 Å². The Balaban J connectivity index is 2.46. The van der Waals surface area contributed by atoms with E-state index in [0.29, 0.717) is 4.47 Å². The molecule has 98 valence electrons. The molecular weight excluding hydrogens is 338 g/mol. The van der Waals surface area contributed by atoms with E-state index in [9.17, 15) is 9.18 Å². The average molecular weight is 346 g/mol. The summed E-state index contributed by atoms with van der Waals surface area (Å²) in [6, 6.07) is 8.47. The summed E-state index contributed by atoms with van der Waals surface area (Å²) in [6.07, 6.45) is 0. The van der Waals surface area contributed by atoms with Crippen LogP contribution in [0, 0.1) is 5.82 Å². The molecule has 0 aliphatic heterocycles. The number of ether oxygens (including phenoxy) is 1. The molecule has 0 saturated carbocycles. The van der Waals surface area contributed by atoms with Crippen LogP contribution in [-0.4, -0.2) is 11.1 Å². The number of hydrogen-bond donors (Lipinski definition) is 1. The second-order valence-corrected chi connectivity index (χ2v) is 4.92. The molecule has 2 aromatic carbocycles. The van der Waals surface area contributed by atoms with Gasteiger partial charge in [0.05, 0.1) is 5.02 Å². The summed E-state index contributed by atoms with van der Waals surface area (Å²) in [4.78, 5) is 11.1. The summed E-state index contributed by atoms with van der Waals surface area (Å²) in [7, 11) is 0. The third-order valence-corrected chi connectivity index (χ3v) is 3.09. The molecule has 0 spiro atoms. The summed E-state index contributed by atoms with van der Waals surface area (Å²) in [5.74, 6) is -2.00. The molecule has 2 aromatic rings. The second-order valence-electron chi connectivity index (χ2n) is 3.60. The quantitative estimate of drug-likeness (QED) is 0.874. The molecule has 0 aliphatic rings. The molecule has 0 saturated heterocycles. The van der Waals surface area contributed by atoms with Crippen LogP contribution in [0.25, 0.3) is 0 Å². The number of aromatic carboxylic acids is 1. The summed E-state index contributed by atoms with van der Waals surface area (Å²) >= 11 is 9.01. The minimum atomic E-state index is -1.20. The van der Waals surface area contributed by atoms with Gasteiger partial charge in [-0.25, -0.2) is 9.18 Å². The number of rotatable bonds is 3. The van der Waals surface area contributed by atoms with Crippen molar-refractivity contribution in [1.29, 1.82) is 0 Å². The molecule has 0 aromatic heterocycles. The topological polar surface area (TPSA) is 46.5 Å². The van der Waals surface area contributed by atoms with Crippen molar-refractivity contribution < 1.29 is 19.0 Å². The van der Waals surface area contributed by atoms with Crippen molar-refractivity contribution in [2.45, 2.75) is 0 Å². The molecule has 0 fully saturated rings. The summed E-state index contributed by atoms with van der Waals surface area (Å²) in [5, 5.41) is 9.14. The van der Waals surface area contributed by atoms with Crippen molar-refractivity contribution in [2.24, 2.45) is 0 Å². The lowest BCUT2D eigenvalue weighted by atomic mass is 10.2. The molecule has 0 amide bonds. The maximum atomic E-state index is 13.7. The van der Waals surface area contributed by atoms with Crippen LogP contribution >= 0.6 is 27.5 Å². The number of para-hydroxylation sites is 1. The summed E-state index contributed by atoms with van der Waals surface area (Å²) < 4.78 is 19.5. The smallest absolute Gasteiger partial charge is 0.339 e. The summed E-state index contributed by atoms with van der Waals surface area (Å²) in [5.41, 5.74) is -0.130. The first-order valence-corrected chi connectivity index (χ1v) is 6.31. The Labute approximate surface area is 121 Å². The maximum absolute atomic E-state index is 13.7. The van der Waals surface area contributed by atoms with Gasteiger partial charge >= 0.3 is 5.97 Å². The van der Waals surface area contributed by atoms with Crippen molar-refractivity contribution in [3.8, 4) is 11.5 Å². The maximum Gasteiger partial charge on any atom is 0.339 e. The normalized spacial score (nSPS) is 10.3. The predicted octanol–water partition coefficient (Wildman–Crippen LogP) is 4.73. The number of hydrogen-bond acceptors (Lipinski definition) is 2. The highest BCUT2D eigenvalue weighted by Gasteiger charge is 2.16. The van der Waals surface area contributed by atoms with Gasteiger partial charge in [-0.15, -0.1) is 0 Å². The second kappa shape index (κ2) is 5.59. The minimum Gasteiger partial charge on any atom is -0.478 e. The lowest BCUT2D eigenvalue weighted by molar-refractivity contribution is 0.0694. The molecule has 0 bridgehead atoms. The zero-order valence-corrected chi connectivity index (χ0v) is 11.7. The average Bonchev–Trinajstić information content (AvgIpc) is 2.34. The SMILES string of the molecule is O=C(O)c1cccc(Cl)c1Oc1ccc(Br)cc1F. The van der Waals surface area contributed by atoms with Gasteiger partial charge in [-0.3, -0.25) is 0 Å². The van der Waals surface area contributed by atoms with Gasteiger partial charge in [-0.2, -0.15) is 0 Å². The van der Waals surface area contributed by atoms with Gasteiger partial charge in [0, 0.05) is 4.47 Å². The molecule has 2 rings (SSSR count). The van der Waals surface area contributed by atoms with Crippen molar-refractivity contribution in [1.82, 2.24) is 0 Å². The first-order valence-electron chi connectivity index (χ1n) is 5.13. The predicted molar refractivity (Wildman–Crippen MR) is 72.6 cm³/mol. The van der Waals surface area contributed by atoms with Crippen molar-refractivity contribution >= 4 is 33.5 Å². The lowest BCUT2D eigenvalue weighted by Crippen LogP contribution is -2.01. The van der Waals surface area contributed by atoms with Crippen LogP contribution in [0.3, 0.4) is 0 Å². The first-order chi connectivity index (χ1) is 8.99. The highest BCUT2D eigenvalue weighted by molar-refractivity contribution is 9.10. The van der Waals surface area contributed by atoms with Gasteiger partial charge < -0.3 is 9.84 Å². The Morgan fingerprint density at radius 2 is 2.05 bits per heavy atom. The third kappa shape index (κ3) is 3.05. The van der Waals surface area contributed by atoms with Crippen LogP contribution in [-0.2, 0) is 0 Å². The largest absolute Gasteiger partial charge is 0.478 e. The van der Waals surface area contributed by atoms with E-state index >= 15 is 0 Å². The molecule has 3 nitrogen and oxygen atoms in total. The monoisotopic (exact) mass is 344 g/mol. The highest BCUT2D eigenvalue weighted by atomic mass is 79.9. The van der Waals surface area contributed by atoms with E-state index in [1.54, 1.807) is 6.07 Å². The number of carboxylic acids is 1. The zero-order valence-electron chi connectivity index (χ0n) is 9.36. The Hall–Kier alpha value is -1.59. The highest BCUT2D eigenvalue weighted by Crippen LogP contribution is 2.34. The number of carboxylic acid groups (broad SMARTS) is 1. The molecular formula is C13H7BrClFO3. The van der Waals surface area contributed by atoms with Gasteiger partial charge in [-0.05, 0) is 30.3 Å². The van der Waals surface area contributed by atoms with E-state index in [0.717, 1.165) is 0 Å². The summed E-state index contributed by atoms with van der Waals surface area (Å²) in [6.45, 7) is 0. The Morgan fingerprint density at radius 1 is 1.32 bits per heavy atom. The molecule has 0 aliphatic carbocycles. The van der Waals surface area contributed by atoms with Crippen LogP contribution in [0.5, 0.6) is 11.5 Å². The van der Waals surface area contributed by atoms with Gasteiger partial charge in [0.1, 0.15) is 5.56 Å². The van der Waals surface area contributed by atoms with Gasteiger partial charge in [0.15, 0.2) is 17.3 Å². The molecule has 0 unspecified atom stereocenters. The zero-order chi connectivity index (χ0) is 14.0. The Morgan fingerprint density at radius 3 is 2.68 bits per heavy atom. The molecule has 0 heterocycles. The van der Waals surface area contributed by atoms with E-state index in [1.165, 1.54) is 30.3 Å². The Kier molecular flexibility index (Phi) is 4.07. The fourth-order valence-corrected chi connectivity index (χ4v) is 2.00. The number of benzene rings is 2. The third-order valence-electron chi connectivity index (χ3n) is 2.30. The van der Waals surface area contributed by atoms with Gasteiger partial charge in [-0.1, -0.05) is 33.6 Å². The van der Waals surface area contributed by atoms with Gasteiger partial charge in [0.25, 0.3) is 0 Å². The van der Waals surface area contributed by atoms with Crippen LogP contribution in [0.15, 0.2) is 40.9 Å². The molecule has 0 atom stereocenters. The van der Waals surface area contributed by atoms with Crippen LogP contribution in [0.4, 0.5) is 4.39 Å². The standard InChI is InChI=1S/C13H7BrClFO3/c14-7-4-5-11(10(16)6-7)19-12-8(13(17)18)2-1-3-9(12)15/h1-6H,(H,17,18). The Bertz CT molecular complexity index is 646. The fraction of sp³-hybridized carbons (Fsp3) is 0. The van der Waals surface area contributed by atoms with Crippen LogP contribution in [0.1, 0.15) is 10.4 Å². The molecule has 6 heteroatoms. The lowest BCUT2D eigenvalue weighted by Gasteiger charge is -2.11. The van der Waals surface area contributed by atoms with E-state index in [-0.39, 0.29) is 22.1 Å². The van der Waals surface area contributed by atoms with Crippen molar-refractivity contribution in [3.05, 3.63) is 57.3 Å². The minimum absolute atomic E-state index is 0.0853. The molecule has 19 heavy (non-hydrogen) atoms. The van der Waals surface area contributed by atoms with Gasteiger partial charge in [0.2, 0.25) is 0 Å². The first kappa shape index (κ1) is 13.8. The van der Waals surface area contributed by atoms with E-state index in [4.69, 9.17) is 21.4 Å². The van der Waals surface area contributed by atoms with E-state index in [1.807, 2.05) is 0 Å². The molecule has 1 N–H and O–H groups in total. The van der Waals surface area contributed by atoms with Crippen molar-refractivity contribution in [2.75, 3.05) is 0 Å². The number of halogens is 3. The van der Waals surface area contributed by atoms with Crippen LogP contribution < -0.4 is 4.74 Å². The molecule has 0 radical (unpaired) electrons. The van der Waals surface area contributed by atoms with Crippen LogP contribution in [0.2, 0.25) is 5.02 Å². The van der Waals surface area contributed by atoms with E-state index in [2.05, 4.69) is 15.9 Å².